The largest absolute Gasteiger partial charge is 0.279 e. The summed E-state index contributed by atoms with van der Waals surface area (Å²) >= 11 is 6.30. The van der Waals surface area contributed by atoms with Crippen LogP contribution in [0, 0.1) is 0 Å². The quantitative estimate of drug-likeness (QED) is 0.355. The van der Waals surface area contributed by atoms with Gasteiger partial charge in [0.15, 0.2) is 0 Å². The van der Waals surface area contributed by atoms with Crippen molar-refractivity contribution in [3.8, 4) is 0 Å². The van der Waals surface area contributed by atoms with Gasteiger partial charge in [0.05, 0.1) is 32.4 Å². The zero-order chi connectivity index (χ0) is 26.3. The number of imide groups is 1. The predicted octanol–water partition coefficient (Wildman–Crippen LogP) is 6.46. The fourth-order valence-electron chi connectivity index (χ4n) is 3.62. The first-order valence-corrected chi connectivity index (χ1v) is 12.9. The van der Waals surface area contributed by atoms with Crippen LogP contribution in [0.4, 0.5) is 5.69 Å². The van der Waals surface area contributed by atoms with Crippen molar-refractivity contribution in [2.75, 3.05) is 4.72 Å². The van der Waals surface area contributed by atoms with Crippen molar-refractivity contribution in [2.24, 2.45) is 0 Å². The molecule has 0 bridgehead atoms. The number of carbonyl (C=O) groups is 2. The Labute approximate surface area is 212 Å². The fourth-order valence-corrected chi connectivity index (χ4v) is 4.93. The lowest BCUT2D eigenvalue weighted by Crippen LogP contribution is -2.29. The number of sulfonamides is 1. The van der Waals surface area contributed by atoms with Crippen molar-refractivity contribution in [3.05, 3.63) is 93.7 Å². The molecule has 3 rings (SSSR count). The van der Waals surface area contributed by atoms with Crippen molar-refractivity contribution in [1.29, 1.82) is 0 Å². The van der Waals surface area contributed by atoms with E-state index >= 15 is 0 Å². The number of carbonyl (C=O) groups excluding carboxylic acids is 2. The second kappa shape index (κ2) is 9.47. The molecule has 1 N–H and O–H groups in total. The van der Waals surface area contributed by atoms with Gasteiger partial charge in [-0.05, 0) is 67.7 Å². The van der Waals surface area contributed by atoms with Crippen LogP contribution in [0.25, 0.3) is 0 Å². The lowest BCUT2D eigenvalue weighted by Gasteiger charge is -2.19. The monoisotopic (exact) mass is 512 g/mol. The molecule has 0 unspecified atom stereocenters. The van der Waals surface area contributed by atoms with E-state index in [0.717, 1.165) is 16.0 Å². The number of rotatable bonds is 6. The average Bonchev–Trinajstić information content (AvgIpc) is 3.01. The van der Waals surface area contributed by atoms with E-state index < -0.39 is 21.8 Å². The van der Waals surface area contributed by atoms with E-state index in [4.69, 9.17) is 11.6 Å². The molecule has 0 fully saturated rings. The molecule has 35 heavy (non-hydrogen) atoms. The number of benzene rings is 2. The molecule has 2 aromatic carbocycles. The van der Waals surface area contributed by atoms with E-state index in [-0.39, 0.29) is 32.1 Å². The summed E-state index contributed by atoms with van der Waals surface area (Å²) in [6.45, 7) is 15.4. The van der Waals surface area contributed by atoms with Crippen LogP contribution < -0.4 is 4.72 Å². The van der Waals surface area contributed by atoms with Gasteiger partial charge in [0.25, 0.3) is 21.8 Å². The van der Waals surface area contributed by atoms with Gasteiger partial charge in [-0.3, -0.25) is 14.3 Å². The number of hydrogen-bond donors (Lipinski definition) is 1. The molecule has 0 spiro atoms. The molecule has 0 aliphatic carbocycles. The highest BCUT2D eigenvalue weighted by Gasteiger charge is 2.42. The first-order valence-electron chi connectivity index (χ1n) is 11.0. The topological polar surface area (TPSA) is 83.6 Å². The summed E-state index contributed by atoms with van der Waals surface area (Å²) in [5.74, 6) is -1.31. The molecule has 6 nitrogen and oxygen atoms in total. The van der Waals surface area contributed by atoms with Crippen LogP contribution in [0.2, 0.25) is 5.02 Å². The number of hydrogen-bond acceptors (Lipinski definition) is 4. The van der Waals surface area contributed by atoms with E-state index in [1.54, 1.807) is 31.2 Å². The Morgan fingerprint density at radius 3 is 2.03 bits per heavy atom. The van der Waals surface area contributed by atoms with Crippen LogP contribution in [-0.2, 0) is 15.4 Å². The Kier molecular flexibility index (Phi) is 7.16. The van der Waals surface area contributed by atoms with Gasteiger partial charge in [-0.25, -0.2) is 13.3 Å². The third kappa shape index (κ3) is 5.26. The molecule has 184 valence electrons. The summed E-state index contributed by atoms with van der Waals surface area (Å²) < 4.78 is 28.8. The molecular formula is C27H29ClN2O4S. The smallest absolute Gasteiger partial charge is 0.268 e. The van der Waals surface area contributed by atoms with E-state index in [0.29, 0.717) is 11.3 Å². The molecular weight excluding hydrogens is 484 g/mol. The molecule has 1 aliphatic heterocycles. The minimum absolute atomic E-state index is 0.0200. The molecule has 2 aromatic rings. The van der Waals surface area contributed by atoms with Crippen molar-refractivity contribution >= 4 is 39.1 Å². The van der Waals surface area contributed by atoms with Crippen LogP contribution in [-0.4, -0.2) is 25.1 Å². The summed E-state index contributed by atoms with van der Waals surface area (Å²) in [7, 11) is -4.04. The Morgan fingerprint density at radius 2 is 1.51 bits per heavy atom. The van der Waals surface area contributed by atoms with Crippen LogP contribution in [0.1, 0.15) is 67.8 Å². The number of fused-ring (bicyclic) bond motifs is 1. The fraction of sp³-hybridized carbons (Fsp3) is 0.259. The summed E-state index contributed by atoms with van der Waals surface area (Å²) in [5.41, 5.74) is 2.44. The number of nitrogens with zero attached hydrogens (tertiary/aromatic N) is 1. The van der Waals surface area contributed by atoms with Gasteiger partial charge in [0, 0.05) is 0 Å². The van der Waals surface area contributed by atoms with Crippen molar-refractivity contribution in [2.45, 2.75) is 51.9 Å². The Bertz CT molecular complexity index is 1390. The summed E-state index contributed by atoms with van der Waals surface area (Å²) in [6.07, 6.45) is 3.40. The van der Waals surface area contributed by atoms with E-state index in [1.807, 2.05) is 34.6 Å². The third-order valence-corrected chi connectivity index (χ3v) is 7.21. The normalized spacial score (nSPS) is 14.1. The first kappa shape index (κ1) is 26.4. The zero-order valence-electron chi connectivity index (χ0n) is 20.7. The number of amides is 2. The summed E-state index contributed by atoms with van der Waals surface area (Å²) in [4.78, 5) is 27.8. The molecule has 1 heterocycles. The van der Waals surface area contributed by atoms with E-state index in [9.17, 15) is 18.0 Å². The summed E-state index contributed by atoms with van der Waals surface area (Å²) in [6, 6.07) is 9.32. The number of halogens is 1. The Morgan fingerprint density at radius 1 is 0.943 bits per heavy atom. The van der Waals surface area contributed by atoms with Crippen molar-refractivity contribution in [3.63, 3.8) is 0 Å². The summed E-state index contributed by atoms with van der Waals surface area (Å²) in [5, 5.41) is 0.0570. The predicted molar refractivity (Wildman–Crippen MR) is 140 cm³/mol. The molecule has 1 aliphatic rings. The second-order valence-corrected chi connectivity index (χ2v) is 11.8. The highest BCUT2D eigenvalue weighted by atomic mass is 35.5. The SMILES string of the molecule is C=C(C)/C(=C\C=C(C)C)N1C(=O)c2c(Cl)ccc(NS(=O)(=O)c3ccc(C(C)(C)C)cc3)c2C1=O. The maximum Gasteiger partial charge on any atom is 0.268 e. The zero-order valence-corrected chi connectivity index (χ0v) is 22.3. The van der Waals surface area contributed by atoms with Crippen molar-refractivity contribution < 1.29 is 18.0 Å². The molecule has 0 saturated carbocycles. The second-order valence-electron chi connectivity index (χ2n) is 9.75. The lowest BCUT2D eigenvalue weighted by molar-refractivity contribution is 0.0708. The van der Waals surface area contributed by atoms with E-state index in [2.05, 4.69) is 11.3 Å². The highest BCUT2D eigenvalue weighted by molar-refractivity contribution is 7.92. The lowest BCUT2D eigenvalue weighted by atomic mass is 9.87. The molecule has 0 aromatic heterocycles. The van der Waals surface area contributed by atoms with Crippen LogP contribution in [0.5, 0.6) is 0 Å². The van der Waals surface area contributed by atoms with E-state index in [1.165, 1.54) is 24.3 Å². The minimum Gasteiger partial charge on any atom is -0.279 e. The molecule has 2 amide bonds. The van der Waals surface area contributed by atoms with Crippen LogP contribution in [0.15, 0.2) is 76.9 Å². The van der Waals surface area contributed by atoms with Gasteiger partial charge >= 0.3 is 0 Å². The Balaban J connectivity index is 2.07. The first-order chi connectivity index (χ1) is 16.1. The van der Waals surface area contributed by atoms with Crippen molar-refractivity contribution in [1.82, 2.24) is 4.90 Å². The van der Waals surface area contributed by atoms with Gasteiger partial charge in [-0.15, -0.1) is 0 Å². The Hall–Kier alpha value is -3.16. The van der Waals surface area contributed by atoms with Gasteiger partial charge in [0.1, 0.15) is 0 Å². The maximum atomic E-state index is 13.5. The third-order valence-electron chi connectivity index (χ3n) is 5.52. The number of nitrogens with one attached hydrogen (secondary N) is 1. The van der Waals surface area contributed by atoms with Gasteiger partial charge < -0.3 is 0 Å². The van der Waals surface area contributed by atoms with Crippen LogP contribution >= 0.6 is 11.6 Å². The molecule has 0 atom stereocenters. The number of anilines is 1. The maximum absolute atomic E-state index is 13.5. The molecule has 8 heteroatoms. The van der Waals surface area contributed by atoms with Gasteiger partial charge in [0.2, 0.25) is 0 Å². The van der Waals surface area contributed by atoms with Gasteiger partial charge in [-0.1, -0.05) is 62.7 Å². The molecule has 0 radical (unpaired) electrons. The van der Waals surface area contributed by atoms with Crippen LogP contribution in [0.3, 0.4) is 0 Å². The number of allylic oxidation sites excluding steroid dienone is 4. The standard InChI is InChI=1S/C27H29ClN2O4S/c1-16(2)8-15-22(17(3)4)30-25(31)23-20(28)13-14-21(24(23)26(30)32)29-35(33,34)19-11-9-18(10-12-19)27(5,6)7/h8-15,29H,3H2,1-2,4-7H3/b22-15+. The minimum atomic E-state index is -4.04. The molecule has 0 saturated heterocycles. The average molecular weight is 513 g/mol. The van der Waals surface area contributed by atoms with Gasteiger partial charge in [-0.2, -0.15) is 0 Å². The highest BCUT2D eigenvalue weighted by Crippen LogP contribution is 2.38.